The molecule has 0 fully saturated rings. The van der Waals surface area contributed by atoms with Gasteiger partial charge in [0, 0.05) is 15.2 Å². The zero-order valence-electron chi connectivity index (χ0n) is 9.81. The third-order valence-corrected chi connectivity index (χ3v) is 5.22. The maximum atomic E-state index is 12.2. The van der Waals surface area contributed by atoms with Gasteiger partial charge >= 0.3 is 0 Å². The van der Waals surface area contributed by atoms with Gasteiger partial charge in [0.15, 0.2) is 9.84 Å². The topological polar surface area (TPSA) is 60.2 Å². The van der Waals surface area contributed by atoms with E-state index in [1.54, 1.807) is 30.3 Å². The maximum Gasteiger partial charge on any atom is 0.182 e. The number of nitrogens with two attached hydrogens (primary N) is 1. The van der Waals surface area contributed by atoms with E-state index in [2.05, 4.69) is 15.9 Å². The Morgan fingerprint density at radius 1 is 1.16 bits per heavy atom. The van der Waals surface area contributed by atoms with Crippen LogP contribution in [-0.2, 0) is 15.6 Å². The van der Waals surface area contributed by atoms with Crippen molar-refractivity contribution in [2.75, 3.05) is 5.73 Å². The van der Waals surface area contributed by atoms with E-state index in [-0.39, 0.29) is 10.6 Å². The van der Waals surface area contributed by atoms with Crippen LogP contribution in [0.1, 0.15) is 5.56 Å². The molecular formula is C13H11BrClNO2S. The standard InChI is InChI=1S/C13H11BrClNO2S/c14-12-5-4-9(6-13(12)16)8-19(17,18)11-3-1-2-10(15)7-11/h1-7H,8,16H2. The monoisotopic (exact) mass is 359 g/mol. The molecule has 2 rings (SSSR count). The van der Waals surface area contributed by atoms with E-state index in [1.165, 1.54) is 12.1 Å². The number of halogens is 2. The molecular weight excluding hydrogens is 350 g/mol. The van der Waals surface area contributed by atoms with Gasteiger partial charge in [-0.3, -0.25) is 0 Å². The van der Waals surface area contributed by atoms with Crippen LogP contribution in [0.5, 0.6) is 0 Å². The van der Waals surface area contributed by atoms with Gasteiger partial charge in [0.05, 0.1) is 10.6 Å². The second-order valence-corrected chi connectivity index (χ2v) is 7.35. The summed E-state index contributed by atoms with van der Waals surface area (Å²) in [6, 6.07) is 11.3. The molecule has 0 amide bonds. The van der Waals surface area contributed by atoms with Gasteiger partial charge in [0.25, 0.3) is 0 Å². The van der Waals surface area contributed by atoms with Gasteiger partial charge in [-0.2, -0.15) is 0 Å². The second-order valence-electron chi connectivity index (χ2n) is 4.07. The first-order valence-corrected chi connectivity index (χ1v) is 8.23. The lowest BCUT2D eigenvalue weighted by molar-refractivity contribution is 0.595. The summed E-state index contributed by atoms with van der Waals surface area (Å²) in [6.07, 6.45) is 0. The molecule has 2 aromatic rings. The Hall–Kier alpha value is -1.04. The third kappa shape index (κ3) is 3.49. The predicted molar refractivity (Wildman–Crippen MR) is 80.9 cm³/mol. The molecule has 0 radical (unpaired) electrons. The smallest absolute Gasteiger partial charge is 0.182 e. The van der Waals surface area contributed by atoms with Gasteiger partial charge < -0.3 is 5.73 Å². The molecule has 6 heteroatoms. The summed E-state index contributed by atoms with van der Waals surface area (Å²) < 4.78 is 25.2. The molecule has 0 saturated carbocycles. The van der Waals surface area contributed by atoms with Crippen LogP contribution in [0.3, 0.4) is 0 Å². The highest BCUT2D eigenvalue weighted by Crippen LogP contribution is 2.24. The lowest BCUT2D eigenvalue weighted by Gasteiger charge is -2.07. The van der Waals surface area contributed by atoms with E-state index in [1.807, 2.05) is 0 Å². The van der Waals surface area contributed by atoms with Crippen molar-refractivity contribution in [3.05, 3.63) is 57.5 Å². The molecule has 2 aromatic carbocycles. The quantitative estimate of drug-likeness (QED) is 0.850. The van der Waals surface area contributed by atoms with Crippen molar-refractivity contribution < 1.29 is 8.42 Å². The molecule has 0 atom stereocenters. The van der Waals surface area contributed by atoms with Crippen LogP contribution in [0, 0.1) is 0 Å². The fourth-order valence-corrected chi connectivity index (χ4v) is 3.53. The van der Waals surface area contributed by atoms with E-state index in [0.717, 1.165) is 4.47 Å². The molecule has 0 saturated heterocycles. The van der Waals surface area contributed by atoms with Crippen LogP contribution in [0.2, 0.25) is 5.02 Å². The molecule has 0 aliphatic rings. The average molecular weight is 361 g/mol. The average Bonchev–Trinajstić information content (AvgIpc) is 2.33. The van der Waals surface area contributed by atoms with Crippen molar-refractivity contribution in [3.8, 4) is 0 Å². The van der Waals surface area contributed by atoms with Crippen LogP contribution in [0.15, 0.2) is 51.8 Å². The second kappa shape index (κ2) is 5.53. The number of nitrogen functional groups attached to an aromatic ring is 1. The van der Waals surface area contributed by atoms with Gasteiger partial charge in [-0.05, 0) is 51.8 Å². The number of hydrogen-bond acceptors (Lipinski definition) is 3. The minimum atomic E-state index is -3.42. The Morgan fingerprint density at radius 3 is 2.53 bits per heavy atom. The van der Waals surface area contributed by atoms with E-state index >= 15 is 0 Å². The first kappa shape index (κ1) is 14.4. The van der Waals surface area contributed by atoms with Crippen LogP contribution in [0.4, 0.5) is 5.69 Å². The lowest BCUT2D eigenvalue weighted by atomic mass is 10.2. The Balaban J connectivity index is 2.33. The molecule has 19 heavy (non-hydrogen) atoms. The van der Waals surface area contributed by atoms with Crippen LogP contribution < -0.4 is 5.73 Å². The molecule has 2 N–H and O–H groups in total. The molecule has 0 aliphatic heterocycles. The summed E-state index contributed by atoms with van der Waals surface area (Å²) in [6.45, 7) is 0. The summed E-state index contributed by atoms with van der Waals surface area (Å²) in [5.74, 6) is -0.106. The molecule has 0 spiro atoms. The molecule has 3 nitrogen and oxygen atoms in total. The van der Waals surface area contributed by atoms with Gasteiger partial charge in [0.2, 0.25) is 0 Å². The summed E-state index contributed by atoms with van der Waals surface area (Å²) in [4.78, 5) is 0.210. The van der Waals surface area contributed by atoms with Crippen LogP contribution in [-0.4, -0.2) is 8.42 Å². The summed E-state index contributed by atoms with van der Waals surface area (Å²) in [5, 5.41) is 0.399. The number of sulfone groups is 1. The third-order valence-electron chi connectivity index (χ3n) is 2.57. The highest BCUT2D eigenvalue weighted by Gasteiger charge is 2.16. The van der Waals surface area contributed by atoms with Crippen molar-refractivity contribution in [3.63, 3.8) is 0 Å². The minimum absolute atomic E-state index is 0.106. The van der Waals surface area contributed by atoms with Crippen molar-refractivity contribution in [1.82, 2.24) is 0 Å². The van der Waals surface area contributed by atoms with Crippen LogP contribution >= 0.6 is 27.5 Å². The number of benzene rings is 2. The van der Waals surface area contributed by atoms with Gasteiger partial charge in [0.1, 0.15) is 0 Å². The Labute approximate surface area is 125 Å². The molecule has 0 unspecified atom stereocenters. The van der Waals surface area contributed by atoms with Gasteiger partial charge in [-0.25, -0.2) is 8.42 Å². The largest absolute Gasteiger partial charge is 0.398 e. The van der Waals surface area contributed by atoms with E-state index in [0.29, 0.717) is 16.3 Å². The van der Waals surface area contributed by atoms with Crippen molar-refractivity contribution in [2.24, 2.45) is 0 Å². The molecule has 0 bridgehead atoms. The van der Waals surface area contributed by atoms with Crippen molar-refractivity contribution >= 4 is 43.1 Å². The first-order chi connectivity index (χ1) is 8.88. The normalized spacial score (nSPS) is 11.5. The Bertz CT molecular complexity index is 716. The zero-order valence-corrected chi connectivity index (χ0v) is 13.0. The lowest BCUT2D eigenvalue weighted by Crippen LogP contribution is -2.05. The fourth-order valence-electron chi connectivity index (χ4n) is 1.65. The zero-order chi connectivity index (χ0) is 14.0. The summed E-state index contributed by atoms with van der Waals surface area (Å²) >= 11 is 9.08. The van der Waals surface area contributed by atoms with Gasteiger partial charge in [-0.1, -0.05) is 23.7 Å². The van der Waals surface area contributed by atoms with Gasteiger partial charge in [-0.15, -0.1) is 0 Å². The van der Waals surface area contributed by atoms with Crippen molar-refractivity contribution in [1.29, 1.82) is 0 Å². The molecule has 100 valence electrons. The Kier molecular flexibility index (Phi) is 4.18. The minimum Gasteiger partial charge on any atom is -0.398 e. The first-order valence-electron chi connectivity index (χ1n) is 5.41. The molecule has 0 heterocycles. The predicted octanol–water partition coefficient (Wildman–Crippen LogP) is 3.66. The van der Waals surface area contributed by atoms with Crippen LogP contribution in [0.25, 0.3) is 0 Å². The van der Waals surface area contributed by atoms with E-state index in [9.17, 15) is 8.42 Å². The highest BCUT2D eigenvalue weighted by molar-refractivity contribution is 9.10. The molecule has 0 aliphatic carbocycles. The highest BCUT2D eigenvalue weighted by atomic mass is 79.9. The van der Waals surface area contributed by atoms with E-state index in [4.69, 9.17) is 17.3 Å². The number of rotatable bonds is 3. The number of anilines is 1. The SMILES string of the molecule is Nc1cc(CS(=O)(=O)c2cccc(Cl)c2)ccc1Br. The fraction of sp³-hybridized carbons (Fsp3) is 0.0769. The summed E-state index contributed by atoms with van der Waals surface area (Å²) in [7, 11) is -3.42. The number of hydrogen-bond donors (Lipinski definition) is 1. The van der Waals surface area contributed by atoms with Crippen molar-refractivity contribution in [2.45, 2.75) is 10.6 Å². The Morgan fingerprint density at radius 2 is 1.89 bits per heavy atom. The molecule has 0 aromatic heterocycles. The maximum absolute atomic E-state index is 12.2. The van der Waals surface area contributed by atoms with E-state index < -0.39 is 9.84 Å². The summed E-state index contributed by atoms with van der Waals surface area (Å²) in [5.41, 5.74) is 6.89.